The first-order valence-corrected chi connectivity index (χ1v) is 8.98. The number of nitrogens with one attached hydrogen (secondary N) is 1. The lowest BCUT2D eigenvalue weighted by molar-refractivity contribution is -0.116. The van der Waals surface area contributed by atoms with Crippen molar-refractivity contribution < 1.29 is 4.79 Å². The molecule has 0 spiro atoms. The molecule has 0 saturated heterocycles. The monoisotopic (exact) mass is 361 g/mol. The van der Waals surface area contributed by atoms with Crippen LogP contribution in [0.3, 0.4) is 0 Å². The Balaban J connectivity index is 1.64. The molecule has 4 rings (SSSR count). The quantitative estimate of drug-likeness (QED) is 0.602. The first-order chi connectivity index (χ1) is 12.7. The largest absolute Gasteiger partial charge is 0.324 e. The van der Waals surface area contributed by atoms with E-state index in [1.165, 1.54) is 10.8 Å². The Labute approximate surface area is 153 Å². The second-order valence-corrected chi connectivity index (χ2v) is 6.69. The van der Waals surface area contributed by atoms with Crippen LogP contribution in [0.15, 0.2) is 77.0 Å². The Morgan fingerprint density at radius 2 is 1.85 bits per heavy atom. The van der Waals surface area contributed by atoms with Crippen molar-refractivity contribution >= 4 is 34.0 Å². The Hall–Kier alpha value is -3.25. The number of thiophene rings is 1. The molecule has 0 atom stereocenters. The Kier molecular flexibility index (Phi) is 4.33. The third-order valence-corrected chi connectivity index (χ3v) is 4.95. The fraction of sp³-hybridized carbons (Fsp3) is 0.0500. The molecule has 5 nitrogen and oxygen atoms in total. The Morgan fingerprint density at radius 1 is 1.04 bits per heavy atom. The number of amides is 1. The van der Waals surface area contributed by atoms with Gasteiger partial charge >= 0.3 is 0 Å². The van der Waals surface area contributed by atoms with Crippen molar-refractivity contribution in [1.29, 1.82) is 0 Å². The van der Waals surface area contributed by atoms with E-state index >= 15 is 0 Å². The summed E-state index contributed by atoms with van der Waals surface area (Å²) in [4.78, 5) is 30.0. The van der Waals surface area contributed by atoms with Crippen LogP contribution in [0.25, 0.3) is 21.5 Å². The molecule has 26 heavy (non-hydrogen) atoms. The number of hydrogen-bond acceptors (Lipinski definition) is 4. The maximum atomic E-state index is 12.6. The molecule has 0 aliphatic heterocycles. The highest BCUT2D eigenvalue weighted by Gasteiger charge is 2.12. The molecule has 1 N–H and O–H groups in total. The van der Waals surface area contributed by atoms with Crippen LogP contribution < -0.4 is 10.9 Å². The van der Waals surface area contributed by atoms with Crippen LogP contribution in [0.1, 0.15) is 0 Å². The maximum absolute atomic E-state index is 12.6. The first-order valence-electron chi connectivity index (χ1n) is 8.10. The van der Waals surface area contributed by atoms with E-state index in [9.17, 15) is 9.59 Å². The number of para-hydroxylation sites is 3. The number of carbonyl (C=O) groups excluding carboxylic acids is 1. The highest BCUT2D eigenvalue weighted by Crippen LogP contribution is 2.31. The third kappa shape index (κ3) is 3.14. The number of fused-ring (bicyclic) bond motifs is 1. The molecule has 2 aromatic heterocycles. The number of aromatic nitrogens is 2. The van der Waals surface area contributed by atoms with Gasteiger partial charge in [-0.05, 0) is 29.6 Å². The molecule has 1 amide bonds. The lowest BCUT2D eigenvalue weighted by Crippen LogP contribution is -2.28. The fourth-order valence-corrected chi connectivity index (χ4v) is 3.62. The van der Waals surface area contributed by atoms with Gasteiger partial charge in [0.15, 0.2) is 0 Å². The molecule has 0 fully saturated rings. The molecule has 0 bridgehead atoms. The summed E-state index contributed by atoms with van der Waals surface area (Å²) in [6.45, 7) is -0.0688. The van der Waals surface area contributed by atoms with E-state index in [1.54, 1.807) is 17.4 Å². The van der Waals surface area contributed by atoms with Crippen LogP contribution in [-0.4, -0.2) is 15.5 Å². The molecule has 0 unspecified atom stereocenters. The minimum absolute atomic E-state index is 0.0688. The van der Waals surface area contributed by atoms with E-state index < -0.39 is 0 Å². The van der Waals surface area contributed by atoms with Crippen molar-refractivity contribution in [3.05, 3.63) is 82.6 Å². The minimum atomic E-state index is -0.301. The van der Waals surface area contributed by atoms with Gasteiger partial charge in [-0.2, -0.15) is 0 Å². The molecule has 4 aromatic rings. The molecular formula is C20H15N3O2S. The van der Waals surface area contributed by atoms with Gasteiger partial charge in [0.2, 0.25) is 5.91 Å². The standard InChI is InChI=1S/C20H15N3O2S/c24-19(13-23-17-9-4-3-8-16(17)21-12-20(23)25)22-15-7-2-1-6-14(15)18-10-5-11-26-18/h1-12H,13H2,(H,22,24). The highest BCUT2D eigenvalue weighted by molar-refractivity contribution is 7.13. The van der Waals surface area contributed by atoms with Crippen molar-refractivity contribution in [2.75, 3.05) is 5.32 Å². The van der Waals surface area contributed by atoms with Gasteiger partial charge < -0.3 is 5.32 Å². The van der Waals surface area contributed by atoms with Crippen molar-refractivity contribution in [2.45, 2.75) is 6.54 Å². The summed E-state index contributed by atoms with van der Waals surface area (Å²) >= 11 is 1.61. The van der Waals surface area contributed by atoms with Gasteiger partial charge in [-0.3, -0.25) is 14.2 Å². The van der Waals surface area contributed by atoms with E-state index in [0.29, 0.717) is 11.0 Å². The van der Waals surface area contributed by atoms with Crippen molar-refractivity contribution in [2.24, 2.45) is 0 Å². The third-order valence-electron chi connectivity index (χ3n) is 4.04. The normalized spacial score (nSPS) is 10.8. The summed E-state index contributed by atoms with van der Waals surface area (Å²) in [5.74, 6) is -0.257. The Bertz CT molecular complexity index is 1130. The molecule has 0 saturated carbocycles. The molecule has 2 aromatic carbocycles. The van der Waals surface area contributed by atoms with Gasteiger partial charge in [-0.15, -0.1) is 11.3 Å². The molecule has 6 heteroatoms. The van der Waals surface area contributed by atoms with E-state index in [0.717, 1.165) is 16.1 Å². The average molecular weight is 361 g/mol. The van der Waals surface area contributed by atoms with E-state index in [2.05, 4.69) is 10.3 Å². The number of hydrogen-bond donors (Lipinski definition) is 1. The van der Waals surface area contributed by atoms with Gasteiger partial charge in [0.25, 0.3) is 5.56 Å². The molecule has 0 aliphatic carbocycles. The Morgan fingerprint density at radius 3 is 2.69 bits per heavy atom. The molecular weight excluding hydrogens is 346 g/mol. The summed E-state index contributed by atoms with van der Waals surface area (Å²) in [5.41, 5.74) is 2.71. The van der Waals surface area contributed by atoms with Crippen LogP contribution in [0, 0.1) is 0 Å². The predicted octanol–water partition coefficient (Wildman–Crippen LogP) is 3.76. The van der Waals surface area contributed by atoms with E-state index in [4.69, 9.17) is 0 Å². The van der Waals surface area contributed by atoms with Crippen LogP contribution >= 0.6 is 11.3 Å². The van der Waals surface area contributed by atoms with Gasteiger partial charge in [0.05, 0.1) is 17.2 Å². The zero-order valence-electron chi connectivity index (χ0n) is 13.8. The van der Waals surface area contributed by atoms with Crippen molar-refractivity contribution in [3.8, 4) is 10.4 Å². The zero-order valence-corrected chi connectivity index (χ0v) is 14.6. The SMILES string of the molecule is O=C(Cn1c(=O)cnc2ccccc21)Nc1ccccc1-c1cccs1. The van der Waals surface area contributed by atoms with Gasteiger partial charge in [-0.25, -0.2) is 4.98 Å². The van der Waals surface area contributed by atoms with Crippen LogP contribution in [0.4, 0.5) is 5.69 Å². The maximum Gasteiger partial charge on any atom is 0.269 e. The van der Waals surface area contributed by atoms with Crippen molar-refractivity contribution in [3.63, 3.8) is 0 Å². The highest BCUT2D eigenvalue weighted by atomic mass is 32.1. The van der Waals surface area contributed by atoms with Gasteiger partial charge in [0, 0.05) is 16.1 Å². The summed E-state index contributed by atoms with van der Waals surface area (Å²) in [6, 6.07) is 18.9. The van der Waals surface area contributed by atoms with Crippen LogP contribution in [-0.2, 0) is 11.3 Å². The van der Waals surface area contributed by atoms with Crippen LogP contribution in [0.5, 0.6) is 0 Å². The molecule has 0 radical (unpaired) electrons. The molecule has 128 valence electrons. The number of carbonyl (C=O) groups is 1. The number of benzene rings is 2. The number of anilines is 1. The summed E-state index contributed by atoms with van der Waals surface area (Å²) in [6.07, 6.45) is 1.25. The first kappa shape index (κ1) is 16.2. The second kappa shape index (κ2) is 6.93. The lowest BCUT2D eigenvalue weighted by atomic mass is 10.1. The van der Waals surface area contributed by atoms with Crippen molar-refractivity contribution in [1.82, 2.24) is 9.55 Å². The number of rotatable bonds is 4. The molecule has 2 heterocycles. The summed E-state index contributed by atoms with van der Waals surface area (Å²) < 4.78 is 1.44. The summed E-state index contributed by atoms with van der Waals surface area (Å²) in [7, 11) is 0. The number of nitrogens with zero attached hydrogens (tertiary/aromatic N) is 2. The molecule has 0 aliphatic rings. The average Bonchev–Trinajstić information content (AvgIpc) is 3.19. The van der Waals surface area contributed by atoms with E-state index in [1.807, 2.05) is 60.0 Å². The summed E-state index contributed by atoms with van der Waals surface area (Å²) in [5, 5.41) is 4.92. The lowest BCUT2D eigenvalue weighted by Gasteiger charge is -2.12. The van der Waals surface area contributed by atoms with E-state index in [-0.39, 0.29) is 18.0 Å². The van der Waals surface area contributed by atoms with Crippen LogP contribution in [0.2, 0.25) is 0 Å². The minimum Gasteiger partial charge on any atom is -0.324 e. The fourth-order valence-electron chi connectivity index (χ4n) is 2.85. The topological polar surface area (TPSA) is 64.0 Å². The second-order valence-electron chi connectivity index (χ2n) is 5.74. The van der Waals surface area contributed by atoms with Gasteiger partial charge in [-0.1, -0.05) is 36.4 Å². The smallest absolute Gasteiger partial charge is 0.269 e. The predicted molar refractivity (Wildman–Crippen MR) is 104 cm³/mol. The zero-order chi connectivity index (χ0) is 17.9. The van der Waals surface area contributed by atoms with Gasteiger partial charge in [0.1, 0.15) is 6.54 Å².